The minimum Gasteiger partial charge on any atom is -0.392 e. The number of hydrogen-bond acceptors (Lipinski definition) is 5. The summed E-state index contributed by atoms with van der Waals surface area (Å²) >= 11 is 0. The minimum absolute atomic E-state index is 0.0740. The Morgan fingerprint density at radius 2 is 1.71 bits per heavy atom. The molecule has 0 unspecified atom stereocenters. The summed E-state index contributed by atoms with van der Waals surface area (Å²) in [4.78, 5) is 23.8. The largest absolute Gasteiger partial charge is 0.392 e. The third-order valence-corrected chi connectivity index (χ3v) is 5.45. The average Bonchev–Trinajstić information content (AvgIpc) is 2.67. The molecule has 0 aliphatic rings. The van der Waals surface area contributed by atoms with E-state index in [1.807, 2.05) is 6.92 Å². The number of amides is 2. The number of benzene rings is 2. The zero-order valence-electron chi connectivity index (χ0n) is 15.7. The molecule has 0 heterocycles. The lowest BCUT2D eigenvalue weighted by atomic mass is 10.1. The Morgan fingerprint density at radius 1 is 0.964 bits per heavy atom. The lowest BCUT2D eigenvalue weighted by Crippen LogP contribution is -2.40. The number of aryl methyl sites for hydroxylation is 2. The van der Waals surface area contributed by atoms with Crippen molar-refractivity contribution in [2.75, 3.05) is 18.4 Å². The molecule has 150 valence electrons. The van der Waals surface area contributed by atoms with E-state index in [0.29, 0.717) is 11.3 Å². The van der Waals surface area contributed by atoms with E-state index in [9.17, 15) is 18.0 Å². The molecule has 0 radical (unpaired) electrons. The molecule has 0 fully saturated rings. The number of aliphatic hydroxyl groups is 1. The van der Waals surface area contributed by atoms with Gasteiger partial charge in [-0.2, -0.15) is 0 Å². The first kappa shape index (κ1) is 21.5. The first-order chi connectivity index (χ1) is 13.2. The molecular formula is C19H23N3O5S. The summed E-state index contributed by atoms with van der Waals surface area (Å²) in [6, 6.07) is 11.3. The molecule has 2 rings (SSSR count). The predicted octanol–water partition coefficient (Wildman–Crippen LogP) is 0.829. The van der Waals surface area contributed by atoms with E-state index >= 15 is 0 Å². The minimum atomic E-state index is -3.82. The van der Waals surface area contributed by atoms with Crippen LogP contribution >= 0.6 is 0 Å². The van der Waals surface area contributed by atoms with Crippen molar-refractivity contribution in [1.82, 2.24) is 10.0 Å². The molecule has 28 heavy (non-hydrogen) atoms. The number of carbonyl (C=O) groups is 2. The number of aliphatic hydroxyl groups excluding tert-OH is 1. The monoisotopic (exact) mass is 405 g/mol. The van der Waals surface area contributed by atoms with Gasteiger partial charge in [-0.3, -0.25) is 9.59 Å². The number of anilines is 1. The van der Waals surface area contributed by atoms with Gasteiger partial charge in [-0.25, -0.2) is 13.1 Å². The van der Waals surface area contributed by atoms with Crippen molar-refractivity contribution in [3.8, 4) is 0 Å². The third-order valence-electron chi connectivity index (χ3n) is 4.05. The molecular weight excluding hydrogens is 382 g/mol. The molecule has 0 saturated heterocycles. The Morgan fingerprint density at radius 3 is 2.39 bits per heavy atom. The molecule has 0 bridgehead atoms. The van der Waals surface area contributed by atoms with Gasteiger partial charge in [0.1, 0.15) is 0 Å². The van der Waals surface area contributed by atoms with E-state index in [-0.39, 0.29) is 18.0 Å². The van der Waals surface area contributed by atoms with Gasteiger partial charge in [-0.15, -0.1) is 0 Å². The summed E-state index contributed by atoms with van der Waals surface area (Å²) in [5.74, 6) is -1.10. The van der Waals surface area contributed by atoms with Gasteiger partial charge in [0.05, 0.1) is 24.6 Å². The van der Waals surface area contributed by atoms with Crippen LogP contribution in [-0.2, 0) is 26.2 Å². The van der Waals surface area contributed by atoms with Crippen LogP contribution in [0.1, 0.15) is 16.7 Å². The fourth-order valence-corrected chi connectivity index (χ4v) is 3.39. The van der Waals surface area contributed by atoms with Crippen molar-refractivity contribution in [2.24, 2.45) is 0 Å². The van der Waals surface area contributed by atoms with Crippen LogP contribution in [0.5, 0.6) is 0 Å². The van der Waals surface area contributed by atoms with Crippen molar-refractivity contribution in [3.05, 3.63) is 59.2 Å². The average molecular weight is 405 g/mol. The normalized spacial score (nSPS) is 11.1. The quantitative estimate of drug-likeness (QED) is 0.518. The SMILES string of the molecule is Cc1ccc(S(=O)(=O)NCC(=O)NCC(=O)Nc2cccc(CO)c2)cc1C. The number of hydrogen-bond donors (Lipinski definition) is 4. The fraction of sp³-hybridized carbons (Fsp3) is 0.263. The van der Waals surface area contributed by atoms with Crippen LogP contribution in [0.3, 0.4) is 0 Å². The predicted molar refractivity (Wildman–Crippen MR) is 105 cm³/mol. The van der Waals surface area contributed by atoms with E-state index in [0.717, 1.165) is 11.1 Å². The zero-order chi connectivity index (χ0) is 20.7. The van der Waals surface area contributed by atoms with Crippen molar-refractivity contribution >= 4 is 27.5 Å². The highest BCUT2D eigenvalue weighted by Crippen LogP contribution is 2.14. The third kappa shape index (κ3) is 6.15. The molecule has 8 nitrogen and oxygen atoms in total. The number of sulfonamides is 1. The van der Waals surface area contributed by atoms with Crippen LogP contribution in [-0.4, -0.2) is 38.4 Å². The molecule has 2 aromatic rings. The van der Waals surface area contributed by atoms with Crippen LogP contribution in [0, 0.1) is 13.8 Å². The standard InChI is InChI=1S/C19H23N3O5S/c1-13-6-7-17(8-14(13)2)28(26,27)21-11-18(24)20-10-19(25)22-16-5-3-4-15(9-16)12-23/h3-9,21,23H,10-12H2,1-2H3,(H,20,24)(H,22,25). The molecule has 2 amide bonds. The second-order valence-corrected chi connectivity index (χ2v) is 8.02. The highest BCUT2D eigenvalue weighted by Gasteiger charge is 2.16. The van der Waals surface area contributed by atoms with Crippen LogP contribution < -0.4 is 15.4 Å². The topological polar surface area (TPSA) is 125 Å². The molecule has 0 saturated carbocycles. The molecule has 0 aromatic heterocycles. The number of nitrogens with one attached hydrogen (secondary N) is 3. The van der Waals surface area contributed by atoms with Gasteiger partial charge >= 0.3 is 0 Å². The van der Waals surface area contributed by atoms with Crippen LogP contribution in [0.2, 0.25) is 0 Å². The van der Waals surface area contributed by atoms with Gasteiger partial charge in [0, 0.05) is 5.69 Å². The summed E-state index contributed by atoms with van der Waals surface area (Å²) < 4.78 is 26.7. The smallest absolute Gasteiger partial charge is 0.243 e. The van der Waals surface area contributed by atoms with Crippen LogP contribution in [0.15, 0.2) is 47.4 Å². The molecule has 0 atom stereocenters. The Balaban J connectivity index is 1.83. The van der Waals surface area contributed by atoms with E-state index < -0.39 is 28.4 Å². The first-order valence-corrected chi connectivity index (χ1v) is 10.0. The maximum atomic E-state index is 12.2. The summed E-state index contributed by atoms with van der Waals surface area (Å²) in [5, 5.41) is 14.0. The van der Waals surface area contributed by atoms with Crippen molar-refractivity contribution < 1.29 is 23.1 Å². The Labute approximate surface area is 164 Å². The van der Waals surface area contributed by atoms with E-state index in [4.69, 9.17) is 5.11 Å². The molecule has 0 aliphatic heterocycles. The fourth-order valence-electron chi connectivity index (χ4n) is 2.32. The Kier molecular flexibility index (Phi) is 7.27. The van der Waals surface area contributed by atoms with Crippen molar-refractivity contribution in [2.45, 2.75) is 25.3 Å². The van der Waals surface area contributed by atoms with Gasteiger partial charge < -0.3 is 15.7 Å². The van der Waals surface area contributed by atoms with Crippen LogP contribution in [0.25, 0.3) is 0 Å². The maximum absolute atomic E-state index is 12.2. The van der Waals surface area contributed by atoms with Crippen LogP contribution in [0.4, 0.5) is 5.69 Å². The lowest BCUT2D eigenvalue weighted by Gasteiger charge is -2.10. The maximum Gasteiger partial charge on any atom is 0.243 e. The van der Waals surface area contributed by atoms with Gasteiger partial charge in [0.15, 0.2) is 0 Å². The van der Waals surface area contributed by atoms with E-state index in [1.54, 1.807) is 37.3 Å². The Bertz CT molecular complexity index is 973. The summed E-state index contributed by atoms with van der Waals surface area (Å²) in [7, 11) is -3.82. The van der Waals surface area contributed by atoms with Gasteiger partial charge in [0.2, 0.25) is 21.8 Å². The van der Waals surface area contributed by atoms with E-state index in [1.165, 1.54) is 12.1 Å². The Hall–Kier alpha value is -2.75. The number of carbonyl (C=O) groups excluding carboxylic acids is 2. The molecule has 0 spiro atoms. The molecule has 2 aromatic carbocycles. The summed E-state index contributed by atoms with van der Waals surface area (Å²) in [6.45, 7) is 2.73. The first-order valence-electron chi connectivity index (χ1n) is 8.54. The zero-order valence-corrected chi connectivity index (χ0v) is 16.5. The van der Waals surface area contributed by atoms with Gasteiger partial charge in [-0.05, 0) is 54.8 Å². The summed E-state index contributed by atoms with van der Waals surface area (Å²) in [5.41, 5.74) is 2.92. The van der Waals surface area contributed by atoms with Crippen molar-refractivity contribution in [3.63, 3.8) is 0 Å². The van der Waals surface area contributed by atoms with Crippen molar-refractivity contribution in [1.29, 1.82) is 0 Å². The highest BCUT2D eigenvalue weighted by atomic mass is 32.2. The molecule has 0 aliphatic carbocycles. The number of rotatable bonds is 8. The van der Waals surface area contributed by atoms with Gasteiger partial charge in [0.25, 0.3) is 0 Å². The highest BCUT2D eigenvalue weighted by molar-refractivity contribution is 7.89. The second kappa shape index (κ2) is 9.45. The second-order valence-electron chi connectivity index (χ2n) is 6.25. The van der Waals surface area contributed by atoms with Gasteiger partial charge in [-0.1, -0.05) is 18.2 Å². The molecule has 9 heteroatoms. The summed E-state index contributed by atoms with van der Waals surface area (Å²) in [6.07, 6.45) is 0. The lowest BCUT2D eigenvalue weighted by molar-refractivity contribution is -0.123. The van der Waals surface area contributed by atoms with E-state index in [2.05, 4.69) is 15.4 Å². The molecule has 4 N–H and O–H groups in total.